The van der Waals surface area contributed by atoms with Crippen LogP contribution in [0.4, 0.5) is 11.8 Å². The van der Waals surface area contributed by atoms with E-state index in [0.29, 0.717) is 29.5 Å². The summed E-state index contributed by atoms with van der Waals surface area (Å²) in [5, 5.41) is 16.6. The Morgan fingerprint density at radius 3 is 2.67 bits per heavy atom. The molecule has 126 valence electrons. The number of pyridine rings is 1. The molecule has 0 aliphatic heterocycles. The Labute approximate surface area is 141 Å². The molecule has 7 heteroatoms. The smallest absolute Gasteiger partial charge is 0.223 e. The van der Waals surface area contributed by atoms with Crippen molar-refractivity contribution in [3.63, 3.8) is 0 Å². The molecular weight excluding hydrogens is 302 g/mol. The lowest BCUT2D eigenvalue weighted by Gasteiger charge is -2.26. The lowest BCUT2D eigenvalue weighted by Crippen LogP contribution is -2.33. The normalized spacial score (nSPS) is 20.8. The van der Waals surface area contributed by atoms with E-state index in [0.717, 1.165) is 36.6 Å². The van der Waals surface area contributed by atoms with Gasteiger partial charge in [-0.05, 0) is 45.6 Å². The molecule has 7 nitrogen and oxygen atoms in total. The summed E-state index contributed by atoms with van der Waals surface area (Å²) in [6.07, 6.45) is 5.86. The number of rotatable bonds is 4. The number of fused-ring (bicyclic) bond motifs is 1. The van der Waals surface area contributed by atoms with Gasteiger partial charge in [0.15, 0.2) is 5.82 Å². The maximum Gasteiger partial charge on any atom is 0.223 e. The van der Waals surface area contributed by atoms with Crippen LogP contribution in [0.25, 0.3) is 10.9 Å². The number of hydrogen-bond acceptors (Lipinski definition) is 7. The molecule has 0 bridgehead atoms. The van der Waals surface area contributed by atoms with E-state index in [1.807, 2.05) is 13.8 Å². The molecule has 0 radical (unpaired) electrons. The van der Waals surface area contributed by atoms with Gasteiger partial charge >= 0.3 is 0 Å². The Balaban J connectivity index is 1.90. The predicted octanol–water partition coefficient (Wildman–Crippen LogP) is 2.40. The molecule has 0 spiro atoms. The number of hydrogen-bond donors (Lipinski definition) is 3. The lowest BCUT2D eigenvalue weighted by atomic mass is 9.92. The minimum Gasteiger partial charge on any atom is -0.366 e. The van der Waals surface area contributed by atoms with Crippen LogP contribution in [-0.4, -0.2) is 33.1 Å². The van der Waals surface area contributed by atoms with Gasteiger partial charge < -0.3 is 16.4 Å². The van der Waals surface area contributed by atoms with Gasteiger partial charge in [0.1, 0.15) is 17.3 Å². The average molecular weight is 325 g/mol. The molecule has 2 heterocycles. The van der Waals surface area contributed by atoms with Crippen molar-refractivity contribution in [3.05, 3.63) is 18.0 Å². The second-order valence-corrected chi connectivity index (χ2v) is 6.65. The molecule has 0 unspecified atom stereocenters. The first-order valence-corrected chi connectivity index (χ1v) is 8.41. The number of nitrogens with one attached hydrogen (secondary N) is 2. The van der Waals surface area contributed by atoms with Gasteiger partial charge in [0.2, 0.25) is 5.95 Å². The van der Waals surface area contributed by atoms with Crippen molar-refractivity contribution in [2.45, 2.75) is 57.7 Å². The van der Waals surface area contributed by atoms with Crippen LogP contribution in [-0.2, 0) is 0 Å². The summed E-state index contributed by atoms with van der Waals surface area (Å²) in [6, 6.07) is 4.66. The summed E-state index contributed by atoms with van der Waals surface area (Å²) < 4.78 is 0. The van der Waals surface area contributed by atoms with Crippen LogP contribution in [0.2, 0.25) is 0 Å². The number of aromatic nitrogens is 3. The van der Waals surface area contributed by atoms with Gasteiger partial charge in [-0.25, -0.2) is 15.0 Å². The van der Waals surface area contributed by atoms with Gasteiger partial charge in [-0.2, -0.15) is 5.26 Å². The zero-order valence-corrected chi connectivity index (χ0v) is 14.1. The SMILES string of the molecule is CC(C)Nc1nc(C#N)cc2cnc(N[C@H]3CC[C@@H](N)CC3)nc12. The van der Waals surface area contributed by atoms with Crippen LogP contribution >= 0.6 is 0 Å². The van der Waals surface area contributed by atoms with Crippen LogP contribution in [0.5, 0.6) is 0 Å². The van der Waals surface area contributed by atoms with Crippen molar-refractivity contribution in [2.24, 2.45) is 5.73 Å². The molecular formula is C17H23N7. The van der Waals surface area contributed by atoms with Gasteiger partial charge in [-0.15, -0.1) is 0 Å². The largest absolute Gasteiger partial charge is 0.366 e. The monoisotopic (exact) mass is 325 g/mol. The fourth-order valence-corrected chi connectivity index (χ4v) is 2.99. The maximum atomic E-state index is 9.14. The molecule has 2 aromatic rings. The van der Waals surface area contributed by atoms with Crippen molar-refractivity contribution in [1.82, 2.24) is 15.0 Å². The van der Waals surface area contributed by atoms with E-state index in [1.54, 1.807) is 12.3 Å². The molecule has 1 fully saturated rings. The minimum absolute atomic E-state index is 0.195. The van der Waals surface area contributed by atoms with E-state index in [2.05, 4.69) is 31.7 Å². The van der Waals surface area contributed by atoms with E-state index in [-0.39, 0.29) is 6.04 Å². The number of nitriles is 1. The van der Waals surface area contributed by atoms with Gasteiger partial charge in [-0.1, -0.05) is 0 Å². The quantitative estimate of drug-likeness (QED) is 0.791. The van der Waals surface area contributed by atoms with E-state index >= 15 is 0 Å². The maximum absolute atomic E-state index is 9.14. The standard InChI is InChI=1S/C17H23N7/c1-10(2)21-16-15-11(7-14(8-18)22-16)9-20-17(24-15)23-13-5-3-12(19)4-6-13/h7,9-10,12-13H,3-6,19H2,1-2H3,(H,21,22)(H,20,23,24)/t12-,13+. The number of nitrogens with zero attached hydrogens (tertiary/aromatic N) is 4. The second-order valence-electron chi connectivity index (χ2n) is 6.65. The summed E-state index contributed by atoms with van der Waals surface area (Å²) in [5.41, 5.74) is 7.04. The zero-order chi connectivity index (χ0) is 17.1. The second kappa shape index (κ2) is 6.97. The van der Waals surface area contributed by atoms with Gasteiger partial charge in [0, 0.05) is 29.7 Å². The van der Waals surface area contributed by atoms with E-state index in [9.17, 15) is 0 Å². The van der Waals surface area contributed by atoms with Crippen molar-refractivity contribution < 1.29 is 0 Å². The van der Waals surface area contributed by atoms with E-state index < -0.39 is 0 Å². The highest BCUT2D eigenvalue weighted by molar-refractivity contribution is 5.89. The molecule has 1 aliphatic carbocycles. The molecule has 4 N–H and O–H groups in total. The van der Waals surface area contributed by atoms with Crippen LogP contribution in [0.3, 0.4) is 0 Å². The Kier molecular flexibility index (Phi) is 4.76. The summed E-state index contributed by atoms with van der Waals surface area (Å²) in [5.74, 6) is 1.22. The van der Waals surface area contributed by atoms with Gasteiger partial charge in [0.05, 0.1) is 0 Å². The summed E-state index contributed by atoms with van der Waals surface area (Å²) in [7, 11) is 0. The minimum atomic E-state index is 0.195. The van der Waals surface area contributed by atoms with Crippen molar-refractivity contribution in [1.29, 1.82) is 5.26 Å². The highest BCUT2D eigenvalue weighted by Gasteiger charge is 2.19. The van der Waals surface area contributed by atoms with Crippen LogP contribution < -0.4 is 16.4 Å². The third kappa shape index (κ3) is 3.71. The first kappa shape index (κ1) is 16.4. The molecule has 2 aromatic heterocycles. The third-order valence-corrected chi connectivity index (χ3v) is 4.21. The van der Waals surface area contributed by atoms with Gasteiger partial charge in [0.25, 0.3) is 0 Å². The Morgan fingerprint density at radius 1 is 1.25 bits per heavy atom. The molecule has 24 heavy (non-hydrogen) atoms. The highest BCUT2D eigenvalue weighted by Crippen LogP contribution is 2.24. The highest BCUT2D eigenvalue weighted by atomic mass is 15.1. The average Bonchev–Trinajstić information content (AvgIpc) is 2.56. The Bertz CT molecular complexity index is 757. The molecule has 0 saturated heterocycles. The fourth-order valence-electron chi connectivity index (χ4n) is 2.99. The fraction of sp³-hybridized carbons (Fsp3) is 0.529. The molecule has 0 aromatic carbocycles. The van der Waals surface area contributed by atoms with E-state index in [1.165, 1.54) is 0 Å². The van der Waals surface area contributed by atoms with E-state index in [4.69, 9.17) is 11.0 Å². The molecule has 3 rings (SSSR count). The van der Waals surface area contributed by atoms with Gasteiger partial charge in [-0.3, -0.25) is 0 Å². The van der Waals surface area contributed by atoms with Crippen LogP contribution in [0.15, 0.2) is 12.3 Å². The van der Waals surface area contributed by atoms with Crippen molar-refractivity contribution in [2.75, 3.05) is 10.6 Å². The van der Waals surface area contributed by atoms with Crippen molar-refractivity contribution in [3.8, 4) is 6.07 Å². The number of anilines is 2. The topological polar surface area (TPSA) is 113 Å². The summed E-state index contributed by atoms with van der Waals surface area (Å²) in [4.78, 5) is 13.4. The first-order chi connectivity index (χ1) is 11.5. The van der Waals surface area contributed by atoms with Crippen LogP contribution in [0, 0.1) is 11.3 Å². The summed E-state index contributed by atoms with van der Waals surface area (Å²) >= 11 is 0. The molecule has 1 aliphatic rings. The predicted molar refractivity (Wildman–Crippen MR) is 94.7 cm³/mol. The lowest BCUT2D eigenvalue weighted by molar-refractivity contribution is 0.410. The molecule has 0 atom stereocenters. The summed E-state index contributed by atoms with van der Waals surface area (Å²) in [6.45, 7) is 4.05. The van der Waals surface area contributed by atoms with Crippen LogP contribution in [0.1, 0.15) is 45.2 Å². The Morgan fingerprint density at radius 2 is 2.00 bits per heavy atom. The zero-order valence-electron chi connectivity index (χ0n) is 14.1. The molecule has 0 amide bonds. The number of nitrogens with two attached hydrogens (primary N) is 1. The third-order valence-electron chi connectivity index (χ3n) is 4.21. The molecule has 1 saturated carbocycles. The van der Waals surface area contributed by atoms with Crippen molar-refractivity contribution >= 4 is 22.7 Å². The Hall–Kier alpha value is -2.46. The first-order valence-electron chi connectivity index (χ1n) is 8.41.